The topological polar surface area (TPSA) is 62.3 Å². The molecule has 3 heterocycles. The Morgan fingerprint density at radius 1 is 1.39 bits per heavy atom. The Hall–Kier alpha value is -1.82. The summed E-state index contributed by atoms with van der Waals surface area (Å²) in [6.45, 7) is 1.27. The highest BCUT2D eigenvalue weighted by Crippen LogP contribution is 2.39. The van der Waals surface area contributed by atoms with Crippen molar-refractivity contribution in [1.29, 1.82) is 0 Å². The lowest BCUT2D eigenvalue weighted by Crippen LogP contribution is -2.07. The smallest absolute Gasteiger partial charge is 0.352 e. The molecule has 23 heavy (non-hydrogen) atoms. The Morgan fingerprint density at radius 3 is 3.00 bits per heavy atom. The van der Waals surface area contributed by atoms with E-state index in [-0.39, 0.29) is 5.69 Å². The molecule has 3 aromatic rings. The Labute approximate surface area is 141 Å². The van der Waals surface area contributed by atoms with Crippen molar-refractivity contribution in [3.8, 4) is 0 Å². The molecule has 1 aromatic carbocycles. The molecule has 0 saturated carbocycles. The molecule has 1 aliphatic rings. The highest BCUT2D eigenvalue weighted by atomic mass is 35.5. The second kappa shape index (κ2) is 5.67. The first-order chi connectivity index (χ1) is 11.1. The first-order valence-electron chi connectivity index (χ1n) is 7.34. The van der Waals surface area contributed by atoms with Crippen LogP contribution in [0.25, 0.3) is 10.2 Å². The third-order valence-corrected chi connectivity index (χ3v) is 5.90. The largest absolute Gasteiger partial charge is 0.477 e. The van der Waals surface area contributed by atoms with E-state index in [9.17, 15) is 9.90 Å². The lowest BCUT2D eigenvalue weighted by molar-refractivity contribution is 0.0690. The summed E-state index contributed by atoms with van der Waals surface area (Å²) in [5, 5.41) is 10.2. The van der Waals surface area contributed by atoms with Gasteiger partial charge in [-0.15, -0.1) is 11.3 Å². The van der Waals surface area contributed by atoms with Crippen molar-refractivity contribution < 1.29 is 14.6 Å². The van der Waals surface area contributed by atoms with E-state index < -0.39 is 5.97 Å². The molecule has 0 radical (unpaired) electrons. The fourth-order valence-electron chi connectivity index (χ4n) is 3.05. The Bertz CT molecular complexity index is 912. The van der Waals surface area contributed by atoms with E-state index in [0.717, 1.165) is 39.9 Å². The molecule has 0 bridgehead atoms. The van der Waals surface area contributed by atoms with Gasteiger partial charge in [-0.05, 0) is 11.6 Å². The lowest BCUT2D eigenvalue weighted by Gasteiger charge is -2.11. The molecule has 0 fully saturated rings. The molecule has 4 nitrogen and oxygen atoms in total. The number of carboxylic acids is 1. The number of hydrogen-bond acceptors (Lipinski definition) is 3. The molecule has 2 N–H and O–H groups in total. The highest BCUT2D eigenvalue weighted by Gasteiger charge is 2.25. The van der Waals surface area contributed by atoms with Gasteiger partial charge in [0.25, 0.3) is 0 Å². The van der Waals surface area contributed by atoms with Gasteiger partial charge in [-0.1, -0.05) is 29.8 Å². The molecule has 118 valence electrons. The van der Waals surface area contributed by atoms with Crippen LogP contribution in [0, 0.1) is 0 Å². The predicted molar refractivity (Wildman–Crippen MR) is 90.8 cm³/mol. The summed E-state index contributed by atoms with van der Waals surface area (Å²) in [7, 11) is 0. The number of H-pyrrole nitrogens is 1. The maximum Gasteiger partial charge on any atom is 0.352 e. The average Bonchev–Trinajstić information content (AvgIpc) is 3.06. The monoisotopic (exact) mass is 347 g/mol. The van der Waals surface area contributed by atoms with Crippen molar-refractivity contribution >= 4 is 39.1 Å². The van der Waals surface area contributed by atoms with Crippen molar-refractivity contribution in [2.24, 2.45) is 0 Å². The quantitative estimate of drug-likeness (QED) is 0.744. The SMILES string of the molecule is O=C(O)c1[nH]c2c3c(sc2c1Cc1ccccc1Cl)CCOC3. The zero-order valence-electron chi connectivity index (χ0n) is 12.2. The summed E-state index contributed by atoms with van der Waals surface area (Å²) in [4.78, 5) is 16.0. The van der Waals surface area contributed by atoms with E-state index in [1.165, 1.54) is 4.88 Å². The summed E-state index contributed by atoms with van der Waals surface area (Å²) in [6, 6.07) is 7.55. The van der Waals surface area contributed by atoms with Gasteiger partial charge in [-0.2, -0.15) is 0 Å². The zero-order valence-corrected chi connectivity index (χ0v) is 13.8. The van der Waals surface area contributed by atoms with E-state index in [0.29, 0.717) is 18.1 Å². The van der Waals surface area contributed by atoms with Crippen LogP contribution in [0.1, 0.15) is 32.1 Å². The van der Waals surface area contributed by atoms with Crippen LogP contribution in [0.5, 0.6) is 0 Å². The number of thiophene rings is 1. The molecule has 2 aromatic heterocycles. The van der Waals surface area contributed by atoms with Crippen LogP contribution >= 0.6 is 22.9 Å². The number of fused-ring (bicyclic) bond motifs is 3. The van der Waals surface area contributed by atoms with Gasteiger partial charge in [0.2, 0.25) is 0 Å². The molecular formula is C17H14ClNO3S. The summed E-state index contributed by atoms with van der Waals surface area (Å²) < 4.78 is 6.54. The second-order valence-electron chi connectivity index (χ2n) is 5.56. The van der Waals surface area contributed by atoms with Crippen LogP contribution < -0.4 is 0 Å². The van der Waals surface area contributed by atoms with Crippen LogP contribution in [0.4, 0.5) is 0 Å². The van der Waals surface area contributed by atoms with Crippen LogP contribution in [-0.2, 0) is 24.2 Å². The highest BCUT2D eigenvalue weighted by molar-refractivity contribution is 7.19. The maximum absolute atomic E-state index is 11.6. The van der Waals surface area contributed by atoms with Gasteiger partial charge >= 0.3 is 5.97 Å². The molecular weight excluding hydrogens is 334 g/mol. The van der Waals surface area contributed by atoms with E-state index in [1.807, 2.05) is 24.3 Å². The molecule has 0 aliphatic carbocycles. The zero-order chi connectivity index (χ0) is 16.0. The molecule has 0 spiro atoms. The molecule has 4 rings (SSSR count). The molecule has 0 amide bonds. The number of hydrogen-bond donors (Lipinski definition) is 2. The van der Waals surface area contributed by atoms with Gasteiger partial charge in [-0.3, -0.25) is 0 Å². The fraction of sp³-hybridized carbons (Fsp3) is 0.235. The number of aromatic carboxylic acids is 1. The van der Waals surface area contributed by atoms with Gasteiger partial charge in [0.1, 0.15) is 5.69 Å². The number of ether oxygens (including phenoxy) is 1. The summed E-state index contributed by atoms with van der Waals surface area (Å²) >= 11 is 7.92. The van der Waals surface area contributed by atoms with E-state index in [1.54, 1.807) is 11.3 Å². The number of benzene rings is 1. The van der Waals surface area contributed by atoms with E-state index >= 15 is 0 Å². The molecule has 0 saturated heterocycles. The van der Waals surface area contributed by atoms with Gasteiger partial charge in [0, 0.05) is 33.9 Å². The van der Waals surface area contributed by atoms with Crippen molar-refractivity contribution in [2.45, 2.75) is 19.4 Å². The minimum Gasteiger partial charge on any atom is -0.477 e. The van der Waals surface area contributed by atoms with Gasteiger partial charge < -0.3 is 14.8 Å². The number of carbonyl (C=O) groups is 1. The van der Waals surface area contributed by atoms with E-state index in [2.05, 4.69) is 4.98 Å². The number of aromatic amines is 1. The Kier molecular flexibility index (Phi) is 3.64. The number of rotatable bonds is 3. The van der Waals surface area contributed by atoms with Crippen molar-refractivity contribution in [2.75, 3.05) is 6.61 Å². The van der Waals surface area contributed by atoms with Crippen LogP contribution in [0.15, 0.2) is 24.3 Å². The van der Waals surface area contributed by atoms with Gasteiger partial charge in [0.05, 0.1) is 23.4 Å². The molecule has 0 unspecified atom stereocenters. The fourth-order valence-corrected chi connectivity index (χ4v) is 4.54. The van der Waals surface area contributed by atoms with Crippen LogP contribution in [0.2, 0.25) is 5.02 Å². The summed E-state index contributed by atoms with van der Waals surface area (Å²) in [5.74, 6) is -0.944. The second-order valence-corrected chi connectivity index (χ2v) is 7.07. The third-order valence-electron chi connectivity index (χ3n) is 4.18. The maximum atomic E-state index is 11.6. The minimum atomic E-state index is -0.944. The predicted octanol–water partition coefficient (Wildman–Crippen LogP) is 4.24. The standard InChI is InChI=1S/C17H14ClNO3S/c18-12-4-2-1-3-9(12)7-10-15(17(20)21)19-14-11-8-22-6-5-13(11)23-16(10)14/h1-4,19H,5-8H2,(H,20,21). The number of aromatic nitrogens is 1. The van der Waals surface area contributed by atoms with Crippen molar-refractivity contribution in [3.63, 3.8) is 0 Å². The minimum absolute atomic E-state index is 0.250. The number of carboxylic acid groups (broad SMARTS) is 1. The summed E-state index contributed by atoms with van der Waals surface area (Å²) in [6.07, 6.45) is 1.39. The van der Waals surface area contributed by atoms with Gasteiger partial charge in [0.15, 0.2) is 0 Å². The number of nitrogens with one attached hydrogen (secondary N) is 1. The third kappa shape index (κ3) is 2.45. The van der Waals surface area contributed by atoms with Crippen molar-refractivity contribution in [3.05, 3.63) is 56.5 Å². The molecule has 6 heteroatoms. The number of halogens is 1. The molecule has 1 aliphatic heterocycles. The molecule has 0 atom stereocenters. The summed E-state index contributed by atoms with van der Waals surface area (Å²) in [5.41, 5.74) is 3.99. The normalized spacial score (nSPS) is 14.1. The van der Waals surface area contributed by atoms with Gasteiger partial charge in [-0.25, -0.2) is 4.79 Å². The Morgan fingerprint density at radius 2 is 2.22 bits per heavy atom. The van der Waals surface area contributed by atoms with E-state index in [4.69, 9.17) is 16.3 Å². The average molecular weight is 348 g/mol. The first kappa shape index (κ1) is 14.8. The van der Waals surface area contributed by atoms with Crippen LogP contribution in [0.3, 0.4) is 0 Å². The lowest BCUT2D eigenvalue weighted by atomic mass is 10.0. The Balaban J connectivity index is 1.89. The first-order valence-corrected chi connectivity index (χ1v) is 8.54. The van der Waals surface area contributed by atoms with Crippen LogP contribution in [-0.4, -0.2) is 22.7 Å². The van der Waals surface area contributed by atoms with Crippen molar-refractivity contribution in [1.82, 2.24) is 4.98 Å².